The molecule has 320 valence electrons. The number of unbranched alkanes of at least 4 members (excludes halogenated alkanes) is 15. The van der Waals surface area contributed by atoms with E-state index < -0.39 is 44.4 Å². The second-order valence-corrected chi connectivity index (χ2v) is 16.8. The van der Waals surface area contributed by atoms with Crippen LogP contribution in [0.15, 0.2) is 36.7 Å². The second-order valence-electron chi connectivity index (χ2n) is 15.4. The second kappa shape index (κ2) is 24.6. The topological polar surface area (TPSA) is 228 Å². The van der Waals surface area contributed by atoms with Gasteiger partial charge in [0.2, 0.25) is 0 Å². The Morgan fingerprint density at radius 3 is 2.07 bits per heavy atom. The van der Waals surface area contributed by atoms with Crippen LogP contribution in [0.1, 0.15) is 139 Å². The highest BCUT2D eigenvalue weighted by atomic mass is 31.2. The Balaban J connectivity index is 1.20. The van der Waals surface area contributed by atoms with Gasteiger partial charge in [0.05, 0.1) is 55.4 Å². The molecule has 2 aromatic heterocycles. The third-order valence-corrected chi connectivity index (χ3v) is 11.6. The molecule has 1 aliphatic heterocycles. The minimum atomic E-state index is -4.73. The Labute approximate surface area is 343 Å². The third kappa shape index (κ3) is 14.7. The first-order valence-corrected chi connectivity index (χ1v) is 22.4. The maximum Gasteiger partial charge on any atom is 0.472 e. The van der Waals surface area contributed by atoms with Crippen LogP contribution in [-0.2, 0) is 40.0 Å². The van der Waals surface area contributed by atoms with Gasteiger partial charge in [0, 0.05) is 6.61 Å². The van der Waals surface area contributed by atoms with Crippen LogP contribution < -0.4 is 5.73 Å². The number of nitrogen functional groups attached to an aromatic ring is 1. The average Bonchev–Trinajstić information content (AvgIpc) is 3.76. The molecule has 1 aromatic carbocycles. The summed E-state index contributed by atoms with van der Waals surface area (Å²) in [7, 11) is -4.73. The zero-order valence-electron chi connectivity index (χ0n) is 34.2. The van der Waals surface area contributed by atoms with E-state index in [1.54, 1.807) is 31.2 Å². The molecular weight excluding hydrogens is 763 g/mol. The zero-order chi connectivity index (χ0) is 41.8. The number of hydrogen-bond donors (Lipinski definition) is 4. The van der Waals surface area contributed by atoms with Crippen molar-refractivity contribution in [2.75, 3.05) is 32.2 Å². The van der Waals surface area contributed by atoms with E-state index in [1.165, 1.54) is 100 Å². The van der Waals surface area contributed by atoms with Gasteiger partial charge < -0.3 is 35.1 Å². The van der Waals surface area contributed by atoms with E-state index >= 15 is 0 Å². The van der Waals surface area contributed by atoms with Gasteiger partial charge in [-0.3, -0.25) is 9.05 Å². The van der Waals surface area contributed by atoms with E-state index in [1.807, 2.05) is 12.1 Å². The fraction of sp³-hybridized carbons (Fsp3) is 0.667. The number of hydrogen-bond acceptors (Lipinski definition) is 13. The fourth-order valence-corrected chi connectivity index (χ4v) is 8.03. The van der Waals surface area contributed by atoms with Gasteiger partial charge in [-0.15, -0.1) is 0 Å². The van der Waals surface area contributed by atoms with Crippen LogP contribution in [0.3, 0.4) is 0 Å². The molecule has 5 N–H and O–H groups in total. The largest absolute Gasteiger partial charge is 0.472 e. The summed E-state index contributed by atoms with van der Waals surface area (Å²) in [5, 5.41) is 44.8. The summed E-state index contributed by atoms with van der Waals surface area (Å²) in [5.41, 5.74) is 6.52. The zero-order valence-corrected chi connectivity index (χ0v) is 35.1. The lowest BCUT2D eigenvalue weighted by molar-refractivity contribution is -0.0901. The molecule has 4 rings (SSSR count). The van der Waals surface area contributed by atoms with Crippen LogP contribution in [0.25, 0.3) is 5.52 Å². The Bertz CT molecular complexity index is 1780. The van der Waals surface area contributed by atoms with E-state index in [9.17, 15) is 30.2 Å². The molecule has 3 heterocycles. The minimum Gasteiger partial charge on any atom is -0.387 e. The van der Waals surface area contributed by atoms with Gasteiger partial charge in [-0.2, -0.15) is 15.6 Å². The van der Waals surface area contributed by atoms with Crippen molar-refractivity contribution in [1.29, 1.82) is 10.5 Å². The van der Waals surface area contributed by atoms with Crippen molar-refractivity contribution in [2.45, 2.75) is 153 Å². The molecule has 58 heavy (non-hydrogen) atoms. The van der Waals surface area contributed by atoms with E-state index in [-0.39, 0.29) is 25.6 Å². The van der Waals surface area contributed by atoms with Crippen LogP contribution in [0.4, 0.5) is 5.82 Å². The fourth-order valence-electron chi connectivity index (χ4n) is 7.27. The number of fused-ring (bicyclic) bond motifs is 1. The number of nitrogens with zero attached hydrogens (tertiary/aromatic N) is 5. The molecule has 0 saturated carbocycles. The number of aromatic nitrogens is 3. The Morgan fingerprint density at radius 1 is 0.897 bits per heavy atom. The van der Waals surface area contributed by atoms with Crippen molar-refractivity contribution in [3.05, 3.63) is 59.0 Å². The number of rotatable bonds is 29. The van der Waals surface area contributed by atoms with Gasteiger partial charge in [0.25, 0.3) is 0 Å². The molecule has 0 radical (unpaired) electrons. The molecule has 3 aromatic rings. The quantitative estimate of drug-likeness (QED) is 0.0395. The molecular formula is C42H63N6O9P. The predicted octanol–water partition coefficient (Wildman–Crippen LogP) is 7.39. The van der Waals surface area contributed by atoms with E-state index in [0.717, 1.165) is 19.3 Å². The third-order valence-electron chi connectivity index (χ3n) is 10.7. The van der Waals surface area contributed by atoms with Crippen molar-refractivity contribution >= 4 is 19.2 Å². The summed E-state index contributed by atoms with van der Waals surface area (Å²) < 4.78 is 43.0. The highest BCUT2D eigenvalue weighted by Gasteiger charge is 2.54. The summed E-state index contributed by atoms with van der Waals surface area (Å²) in [5.74, 6) is 0.214. The molecule has 0 aliphatic carbocycles. The Kier molecular flexibility index (Phi) is 20.0. The van der Waals surface area contributed by atoms with Gasteiger partial charge in [-0.05, 0) is 49.2 Å². The molecule has 1 aliphatic rings. The summed E-state index contributed by atoms with van der Waals surface area (Å²) in [4.78, 5) is 14.6. The number of aliphatic hydroxyl groups is 2. The SMILES string of the molecule is CCCCCCCCCCCCCCCCCCOC[C@H](COP(=O)(O)OC[C@H]1O[C@@](C)(c2ccc3c(N)ncnn23)[C@H](O)[C@@H]1O)OCc1cc(C#N)cc(C#N)c1. The Morgan fingerprint density at radius 2 is 1.48 bits per heavy atom. The van der Waals surface area contributed by atoms with E-state index in [0.29, 0.717) is 34.5 Å². The number of ether oxygens (including phenoxy) is 3. The number of anilines is 1. The van der Waals surface area contributed by atoms with E-state index in [4.69, 9.17) is 29.0 Å². The molecule has 16 heteroatoms. The van der Waals surface area contributed by atoms with Gasteiger partial charge >= 0.3 is 7.82 Å². The molecule has 1 unspecified atom stereocenters. The first-order chi connectivity index (χ1) is 28.0. The van der Waals surface area contributed by atoms with Crippen LogP contribution in [0.2, 0.25) is 0 Å². The highest BCUT2D eigenvalue weighted by Crippen LogP contribution is 2.46. The molecule has 15 nitrogen and oxygen atoms in total. The van der Waals surface area contributed by atoms with Crippen LogP contribution in [-0.4, -0.2) is 80.5 Å². The Hall–Kier alpha value is -3.47. The molecule has 6 atom stereocenters. The molecule has 0 bridgehead atoms. The van der Waals surface area contributed by atoms with Crippen molar-refractivity contribution in [2.24, 2.45) is 0 Å². The first-order valence-electron chi connectivity index (χ1n) is 20.9. The predicted molar refractivity (Wildman–Crippen MR) is 218 cm³/mol. The van der Waals surface area contributed by atoms with Crippen LogP contribution in [0.5, 0.6) is 0 Å². The average molecular weight is 827 g/mol. The molecule has 0 amide bonds. The number of nitrogens with two attached hydrogens (primary N) is 1. The lowest BCUT2D eigenvalue weighted by Crippen LogP contribution is -2.39. The molecule has 1 saturated heterocycles. The number of phosphoric ester groups is 1. The van der Waals surface area contributed by atoms with Crippen LogP contribution in [0, 0.1) is 22.7 Å². The van der Waals surface area contributed by atoms with Crippen LogP contribution >= 0.6 is 7.82 Å². The minimum absolute atomic E-state index is 0.0131. The first kappa shape index (κ1) is 47.2. The maximum absolute atomic E-state index is 13.1. The van der Waals surface area contributed by atoms with Crippen molar-refractivity contribution in [3.8, 4) is 12.1 Å². The molecule has 1 fully saturated rings. The summed E-state index contributed by atoms with van der Waals surface area (Å²) >= 11 is 0. The van der Waals surface area contributed by atoms with E-state index in [2.05, 4.69) is 17.0 Å². The number of aliphatic hydroxyl groups excluding tert-OH is 2. The lowest BCUT2D eigenvalue weighted by Gasteiger charge is -2.27. The highest BCUT2D eigenvalue weighted by molar-refractivity contribution is 7.47. The van der Waals surface area contributed by atoms with Crippen molar-refractivity contribution < 1.29 is 42.9 Å². The standard InChI is InChI=1S/C42H63N6O9P/c1-3-4-5-6-7-8-9-10-11-12-13-14-15-16-17-18-21-53-28-35(54-27-34-23-32(25-43)22-33(24-34)26-44)29-55-58(51,52)56-30-37-39(49)40(50)42(2,57-37)38-20-19-36-41(45)46-31-47-48(36)38/h19-20,22-24,31,35,37,39-40,49-50H,3-18,21,27-30H2,1-2H3,(H,51,52)(H2,45,46,47)/t35-,37-,39-,40-,42+/m1/s1. The van der Waals surface area contributed by atoms with Crippen molar-refractivity contribution in [3.63, 3.8) is 0 Å². The normalized spacial score (nSPS) is 20.8. The maximum atomic E-state index is 13.1. The van der Waals surface area contributed by atoms with Gasteiger partial charge in [0.15, 0.2) is 5.82 Å². The van der Waals surface area contributed by atoms with Gasteiger partial charge in [-0.25, -0.2) is 14.1 Å². The number of phosphoric acid groups is 1. The lowest BCUT2D eigenvalue weighted by atomic mass is 9.93. The van der Waals surface area contributed by atoms with Gasteiger partial charge in [-0.1, -0.05) is 103 Å². The summed E-state index contributed by atoms with van der Waals surface area (Å²) in [6.45, 7) is 3.36. The number of benzene rings is 1. The van der Waals surface area contributed by atoms with Crippen molar-refractivity contribution in [1.82, 2.24) is 14.6 Å². The smallest absolute Gasteiger partial charge is 0.387 e. The summed E-state index contributed by atoms with van der Waals surface area (Å²) in [6.07, 6.45) is 16.6. The molecule has 0 spiro atoms. The monoisotopic (exact) mass is 826 g/mol. The summed E-state index contributed by atoms with van der Waals surface area (Å²) in [6, 6.07) is 12.0. The number of nitriles is 2. The van der Waals surface area contributed by atoms with Gasteiger partial charge in [0.1, 0.15) is 41.9 Å².